The Kier molecular flexibility index (Phi) is 4.89. The highest BCUT2D eigenvalue weighted by molar-refractivity contribution is 5.94. The zero-order valence-corrected chi connectivity index (χ0v) is 13.8. The molecule has 3 aromatic rings. The van der Waals surface area contributed by atoms with Gasteiger partial charge in [0.1, 0.15) is 5.69 Å². The van der Waals surface area contributed by atoms with Gasteiger partial charge in [0.2, 0.25) is 0 Å². The average molecular weight is 339 g/mol. The molecule has 0 fully saturated rings. The Balaban J connectivity index is 1.66. The number of aromatic nitrogens is 4. The van der Waals surface area contributed by atoms with E-state index in [0.717, 1.165) is 5.69 Å². The lowest BCUT2D eigenvalue weighted by Gasteiger charge is -2.09. The Morgan fingerprint density at radius 1 is 1.20 bits per heavy atom. The van der Waals surface area contributed by atoms with Gasteiger partial charge in [0, 0.05) is 11.8 Å². The maximum absolute atomic E-state index is 12.3. The zero-order chi connectivity index (χ0) is 17.6. The van der Waals surface area contributed by atoms with Crippen LogP contribution in [0.25, 0.3) is 5.69 Å². The fraction of sp³-hybridized carbons (Fsp3) is 0.176. The van der Waals surface area contributed by atoms with Crippen LogP contribution in [0.5, 0.6) is 11.5 Å². The van der Waals surface area contributed by atoms with E-state index in [1.165, 1.54) is 7.11 Å². The molecular weight excluding hydrogens is 322 g/mol. The number of carbonyl (C=O) groups excluding carboxylic acids is 1. The Hall–Kier alpha value is -3.42. The summed E-state index contributed by atoms with van der Waals surface area (Å²) in [5.41, 5.74) is 1.91. The summed E-state index contributed by atoms with van der Waals surface area (Å²) >= 11 is 0. The van der Waals surface area contributed by atoms with Crippen molar-refractivity contribution in [2.24, 2.45) is 0 Å². The molecule has 0 atom stereocenters. The van der Waals surface area contributed by atoms with Crippen molar-refractivity contribution >= 4 is 5.91 Å². The normalized spacial score (nSPS) is 10.3. The average Bonchev–Trinajstić information content (AvgIpc) is 3.15. The van der Waals surface area contributed by atoms with Crippen LogP contribution in [0.2, 0.25) is 0 Å². The molecule has 0 saturated carbocycles. The number of nitrogens with zero attached hydrogens (tertiary/aromatic N) is 4. The lowest BCUT2D eigenvalue weighted by atomic mass is 10.2. The smallest absolute Gasteiger partial charge is 0.251 e. The first-order valence-corrected chi connectivity index (χ1v) is 7.53. The molecule has 0 bridgehead atoms. The van der Waals surface area contributed by atoms with Gasteiger partial charge >= 0.3 is 0 Å². The summed E-state index contributed by atoms with van der Waals surface area (Å²) in [5.74, 6) is 0.827. The van der Waals surface area contributed by atoms with Crippen molar-refractivity contribution < 1.29 is 14.3 Å². The number of amides is 1. The molecule has 1 aromatic carbocycles. The molecule has 0 unspecified atom stereocenters. The van der Waals surface area contributed by atoms with Crippen LogP contribution in [-0.2, 0) is 6.54 Å². The molecule has 0 aliphatic carbocycles. The highest BCUT2D eigenvalue weighted by atomic mass is 16.5. The Labute approximate surface area is 144 Å². The fourth-order valence-electron chi connectivity index (χ4n) is 2.25. The van der Waals surface area contributed by atoms with E-state index in [9.17, 15) is 4.79 Å². The van der Waals surface area contributed by atoms with Crippen LogP contribution in [0.4, 0.5) is 0 Å². The van der Waals surface area contributed by atoms with Gasteiger partial charge in [-0.25, -0.2) is 4.68 Å². The minimum atomic E-state index is -0.239. The number of hydrogen-bond acceptors (Lipinski definition) is 6. The van der Waals surface area contributed by atoms with E-state index in [2.05, 4.69) is 20.6 Å². The third kappa shape index (κ3) is 3.74. The van der Waals surface area contributed by atoms with Crippen LogP contribution in [0, 0.1) is 0 Å². The first-order chi connectivity index (χ1) is 12.2. The van der Waals surface area contributed by atoms with Crippen molar-refractivity contribution in [1.29, 1.82) is 0 Å². The van der Waals surface area contributed by atoms with Crippen LogP contribution in [0.1, 0.15) is 16.1 Å². The molecule has 1 N–H and O–H groups in total. The predicted molar refractivity (Wildman–Crippen MR) is 89.9 cm³/mol. The van der Waals surface area contributed by atoms with Crippen LogP contribution in [0.3, 0.4) is 0 Å². The van der Waals surface area contributed by atoms with Crippen molar-refractivity contribution in [3.63, 3.8) is 0 Å². The minimum Gasteiger partial charge on any atom is -0.493 e. The van der Waals surface area contributed by atoms with E-state index in [4.69, 9.17) is 9.47 Å². The molecule has 8 nitrogen and oxygen atoms in total. The van der Waals surface area contributed by atoms with Crippen LogP contribution < -0.4 is 14.8 Å². The van der Waals surface area contributed by atoms with E-state index in [1.807, 2.05) is 12.1 Å². The maximum atomic E-state index is 12.3. The van der Waals surface area contributed by atoms with Crippen molar-refractivity contribution in [2.75, 3.05) is 14.2 Å². The van der Waals surface area contributed by atoms with Gasteiger partial charge in [0.25, 0.3) is 5.91 Å². The highest BCUT2D eigenvalue weighted by Gasteiger charge is 2.11. The Bertz CT molecular complexity index is 864. The first kappa shape index (κ1) is 16.4. The standard InChI is InChI=1S/C17H17N5O3/c1-24-15-6-5-12(8-16(15)25-2)17(23)19-9-13-11-22(21-20-13)14-4-3-7-18-10-14/h3-8,10-11H,9H2,1-2H3,(H,19,23). The SMILES string of the molecule is COc1ccc(C(=O)NCc2cn(-c3cccnc3)nn2)cc1OC. The van der Waals surface area contributed by atoms with Gasteiger partial charge in [-0.2, -0.15) is 0 Å². The number of nitrogens with one attached hydrogen (secondary N) is 1. The second kappa shape index (κ2) is 7.43. The monoisotopic (exact) mass is 339 g/mol. The molecule has 1 amide bonds. The molecule has 0 aliphatic heterocycles. The van der Waals surface area contributed by atoms with Crippen molar-refractivity contribution in [3.05, 3.63) is 60.2 Å². The van der Waals surface area contributed by atoms with E-state index in [1.54, 1.807) is 48.6 Å². The molecule has 0 saturated heterocycles. The third-order valence-electron chi connectivity index (χ3n) is 3.53. The van der Waals surface area contributed by atoms with E-state index < -0.39 is 0 Å². The highest BCUT2D eigenvalue weighted by Crippen LogP contribution is 2.27. The lowest BCUT2D eigenvalue weighted by molar-refractivity contribution is 0.0950. The maximum Gasteiger partial charge on any atom is 0.251 e. The van der Waals surface area contributed by atoms with E-state index in [-0.39, 0.29) is 12.5 Å². The van der Waals surface area contributed by atoms with Crippen molar-refractivity contribution in [3.8, 4) is 17.2 Å². The van der Waals surface area contributed by atoms with Gasteiger partial charge < -0.3 is 14.8 Å². The summed E-state index contributed by atoms with van der Waals surface area (Å²) in [6, 6.07) is 8.67. The molecule has 3 rings (SSSR count). The summed E-state index contributed by atoms with van der Waals surface area (Å²) < 4.78 is 12.0. The van der Waals surface area contributed by atoms with Gasteiger partial charge in [-0.05, 0) is 30.3 Å². The molecule has 25 heavy (non-hydrogen) atoms. The summed E-state index contributed by atoms with van der Waals surface area (Å²) in [5, 5.41) is 10.9. The topological polar surface area (TPSA) is 91.2 Å². The van der Waals surface area contributed by atoms with Gasteiger partial charge in [-0.3, -0.25) is 9.78 Å². The fourth-order valence-corrected chi connectivity index (χ4v) is 2.25. The number of pyridine rings is 1. The van der Waals surface area contributed by atoms with Crippen LogP contribution in [0.15, 0.2) is 48.9 Å². The number of methoxy groups -OCH3 is 2. The van der Waals surface area contributed by atoms with Crippen molar-refractivity contribution in [2.45, 2.75) is 6.54 Å². The van der Waals surface area contributed by atoms with Gasteiger partial charge in [-0.15, -0.1) is 5.10 Å². The molecule has 2 heterocycles. The first-order valence-electron chi connectivity index (χ1n) is 7.53. The number of rotatable bonds is 6. The second-order valence-corrected chi connectivity index (χ2v) is 5.12. The molecule has 128 valence electrons. The summed E-state index contributed by atoms with van der Waals surface area (Å²) in [6.45, 7) is 0.257. The molecular formula is C17H17N5O3. The number of ether oxygens (including phenoxy) is 2. The minimum absolute atomic E-state index is 0.239. The largest absolute Gasteiger partial charge is 0.493 e. The van der Waals surface area contributed by atoms with Crippen molar-refractivity contribution in [1.82, 2.24) is 25.3 Å². The van der Waals surface area contributed by atoms with Crippen LogP contribution in [-0.4, -0.2) is 40.1 Å². The van der Waals surface area contributed by atoms with Gasteiger partial charge in [-0.1, -0.05) is 5.21 Å². The van der Waals surface area contributed by atoms with Gasteiger partial charge in [0.05, 0.1) is 38.8 Å². The molecule has 8 heteroatoms. The second-order valence-electron chi connectivity index (χ2n) is 5.12. The summed E-state index contributed by atoms with van der Waals surface area (Å²) in [4.78, 5) is 16.3. The number of hydrogen-bond donors (Lipinski definition) is 1. The molecule has 0 radical (unpaired) electrons. The zero-order valence-electron chi connectivity index (χ0n) is 13.8. The van der Waals surface area contributed by atoms with E-state index >= 15 is 0 Å². The summed E-state index contributed by atoms with van der Waals surface area (Å²) in [6.07, 6.45) is 5.11. The lowest BCUT2D eigenvalue weighted by Crippen LogP contribution is -2.23. The molecule has 0 aliphatic rings. The molecule has 0 spiro atoms. The Morgan fingerprint density at radius 3 is 2.76 bits per heavy atom. The number of carbonyl (C=O) groups is 1. The Morgan fingerprint density at radius 2 is 2.04 bits per heavy atom. The quantitative estimate of drug-likeness (QED) is 0.734. The van der Waals surface area contributed by atoms with Crippen LogP contribution >= 0.6 is 0 Å². The van der Waals surface area contributed by atoms with E-state index in [0.29, 0.717) is 22.8 Å². The number of benzene rings is 1. The molecule has 2 aromatic heterocycles. The van der Waals surface area contributed by atoms with Gasteiger partial charge in [0.15, 0.2) is 11.5 Å². The summed E-state index contributed by atoms with van der Waals surface area (Å²) in [7, 11) is 3.07. The predicted octanol–water partition coefficient (Wildman–Crippen LogP) is 1.61. The third-order valence-corrected chi connectivity index (χ3v) is 3.53.